The number of carbonyl (C=O) groups is 1. The van der Waals surface area contributed by atoms with Crippen LogP contribution in [0.2, 0.25) is 0 Å². The molecule has 19 heteroatoms. The van der Waals surface area contributed by atoms with Crippen molar-refractivity contribution in [2.24, 2.45) is 17.8 Å². The Morgan fingerprint density at radius 3 is 2.42 bits per heavy atom. The molecule has 0 radical (unpaired) electrons. The zero-order chi connectivity index (χ0) is 52.9. The summed E-state index contributed by atoms with van der Waals surface area (Å²) in [6, 6.07) is 8.69. The van der Waals surface area contributed by atoms with Crippen LogP contribution in [0, 0.1) is 17.8 Å². The van der Waals surface area contributed by atoms with Gasteiger partial charge in [-0.25, -0.2) is 4.68 Å². The maximum absolute atomic E-state index is 14.5. The van der Waals surface area contributed by atoms with E-state index in [0.717, 1.165) is 22.3 Å². The van der Waals surface area contributed by atoms with Crippen molar-refractivity contribution in [3.8, 4) is 5.75 Å². The molecular weight excluding hydrogens is 929 g/mol. The molecule has 0 saturated carbocycles. The number of methoxy groups -OCH3 is 1. The molecule has 3 fully saturated rings. The zero-order valence-corrected chi connectivity index (χ0v) is 45.0. The van der Waals surface area contributed by atoms with Crippen molar-refractivity contribution in [2.75, 3.05) is 47.5 Å². The fraction of sp³-hybridized carbons (Fsp3) is 0.774. The Balaban J connectivity index is 1.22. The number of aliphatic hydroxyl groups is 5. The second kappa shape index (κ2) is 24.5. The predicted molar refractivity (Wildman–Crippen MR) is 269 cm³/mol. The third-order valence-corrected chi connectivity index (χ3v) is 15.9. The zero-order valence-electron chi connectivity index (χ0n) is 45.0. The van der Waals surface area contributed by atoms with Gasteiger partial charge in [-0.3, -0.25) is 9.78 Å². The highest BCUT2D eigenvalue weighted by molar-refractivity contribution is 5.84. The van der Waals surface area contributed by atoms with Gasteiger partial charge in [0.25, 0.3) is 0 Å². The fourth-order valence-corrected chi connectivity index (χ4v) is 11.4. The molecule has 18 atom stereocenters. The van der Waals surface area contributed by atoms with Crippen LogP contribution in [-0.2, 0) is 46.2 Å². The lowest BCUT2D eigenvalue weighted by Crippen LogP contribution is -2.60. The Hall–Kier alpha value is -3.44. The first-order valence-electron chi connectivity index (χ1n) is 26.0. The molecule has 1 aromatic carbocycles. The van der Waals surface area contributed by atoms with E-state index in [2.05, 4.69) is 20.2 Å². The second-order valence-corrected chi connectivity index (χ2v) is 22.0. The van der Waals surface area contributed by atoms with Gasteiger partial charge >= 0.3 is 5.97 Å². The molecule has 0 unspecified atom stereocenters. The van der Waals surface area contributed by atoms with Gasteiger partial charge in [0.05, 0.1) is 72.0 Å². The number of cyclic esters (lactones) is 1. The molecule has 3 aliphatic rings. The fourth-order valence-electron chi connectivity index (χ4n) is 11.4. The second-order valence-electron chi connectivity index (χ2n) is 22.0. The van der Waals surface area contributed by atoms with Gasteiger partial charge in [0.2, 0.25) is 0 Å². The summed E-state index contributed by atoms with van der Waals surface area (Å²) in [5.74, 6) is -1.87. The first-order chi connectivity index (χ1) is 33.9. The van der Waals surface area contributed by atoms with Crippen LogP contribution < -0.4 is 4.74 Å². The van der Waals surface area contributed by atoms with Crippen molar-refractivity contribution in [1.82, 2.24) is 29.8 Å². The Morgan fingerprint density at radius 2 is 1.71 bits per heavy atom. The van der Waals surface area contributed by atoms with Crippen LogP contribution >= 0.6 is 0 Å². The number of aromatic nitrogens is 4. The number of nitrogens with zero attached hydrogens (tertiary/aromatic N) is 6. The highest BCUT2D eigenvalue weighted by Gasteiger charge is 2.52. The number of esters is 1. The lowest BCUT2D eigenvalue weighted by Gasteiger charge is -2.48. The van der Waals surface area contributed by atoms with E-state index in [1.807, 2.05) is 90.1 Å². The molecule has 5 N–H and O–H groups in total. The molecule has 0 amide bonds. The number of rotatable bonds is 15. The van der Waals surface area contributed by atoms with Crippen molar-refractivity contribution >= 4 is 16.9 Å². The molecule has 3 aliphatic heterocycles. The minimum absolute atomic E-state index is 0.0130. The lowest BCUT2D eigenvalue weighted by molar-refractivity contribution is -0.301. The number of benzene rings is 1. The summed E-state index contributed by atoms with van der Waals surface area (Å²) in [7, 11) is 5.33. The summed E-state index contributed by atoms with van der Waals surface area (Å²) >= 11 is 0. The summed E-state index contributed by atoms with van der Waals surface area (Å²) in [5.41, 5.74) is -2.71. The van der Waals surface area contributed by atoms with Gasteiger partial charge in [-0.2, -0.15) is 0 Å². The van der Waals surface area contributed by atoms with E-state index in [0.29, 0.717) is 45.5 Å². The number of hydrogen-bond acceptors (Lipinski definition) is 18. The average molecular weight is 1020 g/mol. The molecule has 3 aromatic rings. The van der Waals surface area contributed by atoms with Crippen LogP contribution in [0.4, 0.5) is 0 Å². The molecule has 0 aliphatic carbocycles. The number of hydrogen-bond donors (Lipinski definition) is 5. The third kappa shape index (κ3) is 13.5. The number of likely N-dealkylation sites (N-methyl/N-ethyl adjacent to an activating group) is 2. The summed E-state index contributed by atoms with van der Waals surface area (Å²) in [5, 5.41) is 69.3. The Kier molecular flexibility index (Phi) is 19.7. The van der Waals surface area contributed by atoms with Gasteiger partial charge in [-0.1, -0.05) is 32.1 Å². The molecule has 5 heterocycles. The average Bonchev–Trinajstić information content (AvgIpc) is 3.80. The number of ether oxygens (including phenoxy) is 7. The Morgan fingerprint density at radius 1 is 0.972 bits per heavy atom. The Bertz CT molecular complexity index is 2180. The summed E-state index contributed by atoms with van der Waals surface area (Å²) in [6.07, 6.45) is -3.75. The first-order valence-corrected chi connectivity index (χ1v) is 26.0. The number of carbonyl (C=O) groups excluding carboxylic acids is 1. The van der Waals surface area contributed by atoms with E-state index in [4.69, 9.17) is 33.2 Å². The highest BCUT2D eigenvalue weighted by Crippen LogP contribution is 2.39. The van der Waals surface area contributed by atoms with Crippen molar-refractivity contribution in [2.45, 2.75) is 198 Å². The van der Waals surface area contributed by atoms with Crippen LogP contribution in [-0.4, -0.2) is 199 Å². The van der Waals surface area contributed by atoms with E-state index in [1.54, 1.807) is 45.7 Å². The van der Waals surface area contributed by atoms with Gasteiger partial charge < -0.3 is 68.5 Å². The molecule has 19 nitrogen and oxygen atoms in total. The largest absolute Gasteiger partial charge is 0.491 e. The first kappa shape index (κ1) is 57.8. The van der Waals surface area contributed by atoms with E-state index in [9.17, 15) is 30.3 Å². The summed E-state index contributed by atoms with van der Waals surface area (Å²) < 4.78 is 46.1. The number of fused-ring (bicyclic) bond motifs is 1. The molecule has 0 bridgehead atoms. The maximum Gasteiger partial charge on any atom is 0.311 e. The summed E-state index contributed by atoms with van der Waals surface area (Å²) in [6.45, 7) is 19.6. The molecule has 6 rings (SSSR count). The molecule has 2 aromatic heterocycles. The highest BCUT2D eigenvalue weighted by atomic mass is 16.7. The molecular formula is C53H86N6O13. The van der Waals surface area contributed by atoms with Crippen molar-refractivity contribution in [1.29, 1.82) is 0 Å². The van der Waals surface area contributed by atoms with E-state index in [-0.39, 0.29) is 31.5 Å². The maximum atomic E-state index is 14.5. The number of pyridine rings is 1. The molecule has 0 spiro atoms. The smallest absolute Gasteiger partial charge is 0.311 e. The normalized spacial score (nSPS) is 39.1. The molecule has 3 saturated heterocycles. The summed E-state index contributed by atoms with van der Waals surface area (Å²) in [4.78, 5) is 22.9. The van der Waals surface area contributed by atoms with Gasteiger partial charge in [0.1, 0.15) is 42.4 Å². The van der Waals surface area contributed by atoms with Crippen molar-refractivity contribution in [3.05, 3.63) is 48.4 Å². The molecule has 72 heavy (non-hydrogen) atoms. The lowest BCUT2D eigenvalue weighted by atomic mass is 9.77. The topological polar surface area (TPSA) is 233 Å². The minimum Gasteiger partial charge on any atom is -0.491 e. The van der Waals surface area contributed by atoms with Crippen LogP contribution in [0.15, 0.2) is 42.7 Å². The van der Waals surface area contributed by atoms with Crippen LogP contribution in [0.25, 0.3) is 10.9 Å². The van der Waals surface area contributed by atoms with E-state index < -0.39 is 102 Å². The van der Waals surface area contributed by atoms with E-state index >= 15 is 0 Å². The quantitative estimate of drug-likeness (QED) is 0.136. The van der Waals surface area contributed by atoms with Crippen molar-refractivity contribution in [3.63, 3.8) is 0 Å². The van der Waals surface area contributed by atoms with Gasteiger partial charge in [-0.05, 0) is 112 Å². The van der Waals surface area contributed by atoms with Crippen LogP contribution in [0.5, 0.6) is 5.75 Å². The van der Waals surface area contributed by atoms with Crippen molar-refractivity contribution < 1.29 is 63.5 Å². The monoisotopic (exact) mass is 1010 g/mol. The SMILES string of the molecule is CC[C@H]1OC(=O)[C@H](C)[C@@H](OC[C@H]2C[C@@](C)(OC)[C@@H](O)[C@H](C)O2)[C@H](C)[C@@H](O[C@@H]2O[C@H](C)C[C@H](N(C)CCc3cn(CCOc4cccc5ncccc45)nn3)[C@H]2O)[C@](C)(O)C[C@@H](C)CN(C)[C@H](C)[C@@H](O)[C@]1(C)O. The molecule has 406 valence electrons. The third-order valence-electron chi connectivity index (χ3n) is 15.9. The van der Waals surface area contributed by atoms with Gasteiger partial charge in [0.15, 0.2) is 6.29 Å². The Labute approximate surface area is 426 Å². The van der Waals surface area contributed by atoms with Gasteiger partial charge in [-0.15, -0.1) is 5.10 Å². The van der Waals surface area contributed by atoms with Gasteiger partial charge in [0, 0.05) is 68.8 Å². The predicted octanol–water partition coefficient (Wildman–Crippen LogP) is 3.77. The van der Waals surface area contributed by atoms with E-state index in [1.165, 1.54) is 6.92 Å². The standard InChI is InChI=1S/C53H86N6O13/c1-14-43-53(10,65)46(61)35(6)58(12)28-31(2)26-51(8,64)48(33(4)45(34(5)49(63)71-43)68-30-38-27-52(9,66-13)47(62)36(7)70-38)72-50-44(60)41(25-32(3)69-50)57(11)22-20-37-29-59(56-55-37)23-24-67-42-19-15-18-40-39(42)17-16-21-54-40/h15-19,21,29,31-36,38,41,43-48,50,60-62,64-65H,14,20,22-28,30H2,1-13H3/t31-,32-,33+,34-,35-,36+,38-,41+,43-,44-,45+,46-,47+,48-,50+,51-,52-,53-/m1/s1. The minimum atomic E-state index is -1.82. The van der Waals surface area contributed by atoms with Crippen LogP contribution in [0.3, 0.4) is 0 Å². The number of aliphatic hydroxyl groups excluding tert-OH is 3. The van der Waals surface area contributed by atoms with Crippen LogP contribution in [0.1, 0.15) is 101 Å².